The molecule has 2 amide bonds. The second-order valence-corrected chi connectivity index (χ2v) is 2.95. The van der Waals surface area contributed by atoms with E-state index in [1.54, 1.807) is 11.8 Å². The molecule has 0 saturated carbocycles. The average Bonchev–Trinajstić information content (AvgIpc) is 2.05. The highest BCUT2D eigenvalue weighted by atomic mass is 16.2. The molecule has 0 radical (unpaired) electrons. The molecule has 2 N–H and O–H groups in total. The van der Waals surface area contributed by atoms with Gasteiger partial charge in [0.15, 0.2) is 0 Å². The Morgan fingerprint density at radius 3 is 2.58 bits per heavy atom. The van der Waals surface area contributed by atoms with Crippen molar-refractivity contribution in [3.63, 3.8) is 0 Å². The van der Waals surface area contributed by atoms with Gasteiger partial charge in [0.1, 0.15) is 0 Å². The third-order valence-electron chi connectivity index (χ3n) is 1.72. The predicted molar refractivity (Wildman–Crippen MR) is 47.8 cm³/mol. The van der Waals surface area contributed by atoms with E-state index in [0.717, 1.165) is 26.2 Å². The molecular weight excluding hydrogens is 154 g/mol. The van der Waals surface area contributed by atoms with Crippen molar-refractivity contribution in [2.24, 2.45) is 0 Å². The van der Waals surface area contributed by atoms with Crippen LogP contribution < -0.4 is 10.6 Å². The van der Waals surface area contributed by atoms with Gasteiger partial charge in [-0.3, -0.25) is 0 Å². The van der Waals surface area contributed by atoms with E-state index in [-0.39, 0.29) is 6.03 Å². The number of carbonyl (C=O) groups excluding carboxylic acids is 1. The SMILES string of the molecule is C=C(C)NC(=O)N1CCNCC1. The van der Waals surface area contributed by atoms with Crippen molar-refractivity contribution in [3.05, 3.63) is 12.3 Å². The summed E-state index contributed by atoms with van der Waals surface area (Å²) in [5.41, 5.74) is 0.693. The largest absolute Gasteiger partial charge is 0.322 e. The van der Waals surface area contributed by atoms with E-state index in [0.29, 0.717) is 5.70 Å². The van der Waals surface area contributed by atoms with Crippen molar-refractivity contribution < 1.29 is 4.79 Å². The maximum Gasteiger partial charge on any atom is 0.321 e. The summed E-state index contributed by atoms with van der Waals surface area (Å²) in [6.45, 7) is 8.70. The molecule has 4 heteroatoms. The molecule has 1 fully saturated rings. The van der Waals surface area contributed by atoms with E-state index < -0.39 is 0 Å². The van der Waals surface area contributed by atoms with Crippen LogP contribution in [0, 0.1) is 0 Å². The van der Waals surface area contributed by atoms with Crippen molar-refractivity contribution in [1.29, 1.82) is 0 Å². The van der Waals surface area contributed by atoms with Crippen molar-refractivity contribution >= 4 is 6.03 Å². The Kier molecular flexibility index (Phi) is 3.10. The topological polar surface area (TPSA) is 44.4 Å². The maximum absolute atomic E-state index is 11.3. The van der Waals surface area contributed by atoms with Gasteiger partial charge in [-0.1, -0.05) is 6.58 Å². The number of piperazine rings is 1. The highest BCUT2D eigenvalue weighted by molar-refractivity contribution is 5.75. The van der Waals surface area contributed by atoms with Gasteiger partial charge in [0.05, 0.1) is 0 Å². The van der Waals surface area contributed by atoms with Gasteiger partial charge in [-0.15, -0.1) is 0 Å². The van der Waals surface area contributed by atoms with Crippen LogP contribution in [-0.4, -0.2) is 37.1 Å². The molecule has 1 saturated heterocycles. The lowest BCUT2D eigenvalue weighted by Gasteiger charge is -2.27. The summed E-state index contributed by atoms with van der Waals surface area (Å²) in [4.78, 5) is 13.1. The first-order chi connectivity index (χ1) is 5.70. The Morgan fingerprint density at radius 2 is 2.08 bits per heavy atom. The van der Waals surface area contributed by atoms with E-state index in [4.69, 9.17) is 0 Å². The molecule has 0 bridgehead atoms. The summed E-state index contributed by atoms with van der Waals surface area (Å²) in [5.74, 6) is 0. The van der Waals surface area contributed by atoms with Crippen molar-refractivity contribution in [3.8, 4) is 0 Å². The van der Waals surface area contributed by atoms with E-state index in [1.165, 1.54) is 0 Å². The number of rotatable bonds is 1. The quantitative estimate of drug-likeness (QED) is 0.586. The fourth-order valence-electron chi connectivity index (χ4n) is 1.13. The summed E-state index contributed by atoms with van der Waals surface area (Å²) in [5, 5.41) is 5.86. The number of amides is 2. The molecule has 1 aliphatic rings. The summed E-state index contributed by atoms with van der Waals surface area (Å²) in [6, 6.07) is -0.0380. The monoisotopic (exact) mass is 169 g/mol. The van der Waals surface area contributed by atoms with Crippen molar-refractivity contribution in [2.75, 3.05) is 26.2 Å². The predicted octanol–water partition coefficient (Wildman–Crippen LogP) is 0.135. The van der Waals surface area contributed by atoms with Gasteiger partial charge in [-0.2, -0.15) is 0 Å². The fourth-order valence-corrected chi connectivity index (χ4v) is 1.13. The third kappa shape index (κ3) is 2.54. The molecule has 1 aliphatic heterocycles. The molecule has 0 aromatic carbocycles. The Balaban J connectivity index is 2.34. The van der Waals surface area contributed by atoms with Gasteiger partial charge in [0, 0.05) is 31.9 Å². The molecule has 0 spiro atoms. The summed E-state index contributed by atoms with van der Waals surface area (Å²) < 4.78 is 0. The third-order valence-corrected chi connectivity index (χ3v) is 1.72. The van der Waals surface area contributed by atoms with Crippen LogP contribution in [0.15, 0.2) is 12.3 Å². The second-order valence-electron chi connectivity index (χ2n) is 2.95. The molecular formula is C8H15N3O. The van der Waals surface area contributed by atoms with Crippen LogP contribution in [-0.2, 0) is 0 Å². The van der Waals surface area contributed by atoms with Crippen LogP contribution in [0.1, 0.15) is 6.92 Å². The fraction of sp³-hybridized carbons (Fsp3) is 0.625. The van der Waals surface area contributed by atoms with Crippen LogP contribution in [0.5, 0.6) is 0 Å². The number of hydrogen-bond acceptors (Lipinski definition) is 2. The number of allylic oxidation sites excluding steroid dienone is 1. The lowest BCUT2D eigenvalue weighted by molar-refractivity contribution is 0.193. The standard InChI is InChI=1S/C8H15N3O/c1-7(2)10-8(12)11-5-3-9-4-6-11/h9H,1,3-6H2,2H3,(H,10,12). The molecule has 0 aliphatic carbocycles. The normalized spacial score (nSPS) is 17.2. The van der Waals surface area contributed by atoms with E-state index in [1.807, 2.05) is 0 Å². The zero-order valence-corrected chi connectivity index (χ0v) is 7.39. The molecule has 1 heterocycles. The molecule has 0 atom stereocenters. The molecule has 4 nitrogen and oxygen atoms in total. The van der Waals surface area contributed by atoms with Gasteiger partial charge in [0.25, 0.3) is 0 Å². The van der Waals surface area contributed by atoms with Gasteiger partial charge >= 0.3 is 6.03 Å². The van der Waals surface area contributed by atoms with Crippen molar-refractivity contribution in [2.45, 2.75) is 6.92 Å². The molecule has 0 unspecified atom stereocenters. The lowest BCUT2D eigenvalue weighted by atomic mass is 10.4. The lowest BCUT2D eigenvalue weighted by Crippen LogP contribution is -2.49. The smallest absolute Gasteiger partial charge is 0.321 e. The first-order valence-electron chi connectivity index (χ1n) is 4.12. The Labute approximate surface area is 72.6 Å². The summed E-state index contributed by atoms with van der Waals surface area (Å²) in [7, 11) is 0. The number of urea groups is 1. The number of nitrogens with zero attached hydrogens (tertiary/aromatic N) is 1. The van der Waals surface area contributed by atoms with Crippen LogP contribution in [0.25, 0.3) is 0 Å². The highest BCUT2D eigenvalue weighted by Crippen LogP contribution is 1.93. The molecule has 12 heavy (non-hydrogen) atoms. The zero-order valence-electron chi connectivity index (χ0n) is 7.39. The van der Waals surface area contributed by atoms with Gasteiger partial charge in [-0.05, 0) is 6.92 Å². The minimum absolute atomic E-state index is 0.0380. The average molecular weight is 169 g/mol. The Bertz CT molecular complexity index is 185. The van der Waals surface area contributed by atoms with Crippen LogP contribution in [0.3, 0.4) is 0 Å². The first kappa shape index (κ1) is 9.06. The van der Waals surface area contributed by atoms with E-state index in [9.17, 15) is 4.79 Å². The molecule has 0 aromatic heterocycles. The van der Waals surface area contributed by atoms with Gasteiger partial charge in [0.2, 0.25) is 0 Å². The minimum atomic E-state index is -0.0380. The molecule has 68 valence electrons. The zero-order chi connectivity index (χ0) is 8.97. The minimum Gasteiger partial charge on any atom is -0.322 e. The molecule has 1 rings (SSSR count). The van der Waals surface area contributed by atoms with E-state index in [2.05, 4.69) is 17.2 Å². The second kappa shape index (κ2) is 4.11. The van der Waals surface area contributed by atoms with Crippen LogP contribution >= 0.6 is 0 Å². The highest BCUT2D eigenvalue weighted by Gasteiger charge is 2.14. The number of nitrogens with one attached hydrogen (secondary N) is 2. The van der Waals surface area contributed by atoms with Crippen LogP contribution in [0.2, 0.25) is 0 Å². The molecule has 0 aromatic rings. The van der Waals surface area contributed by atoms with Crippen LogP contribution in [0.4, 0.5) is 4.79 Å². The van der Waals surface area contributed by atoms with Gasteiger partial charge < -0.3 is 15.5 Å². The van der Waals surface area contributed by atoms with Gasteiger partial charge in [-0.25, -0.2) is 4.79 Å². The summed E-state index contributed by atoms with van der Waals surface area (Å²) >= 11 is 0. The van der Waals surface area contributed by atoms with E-state index >= 15 is 0 Å². The number of carbonyl (C=O) groups is 1. The first-order valence-corrected chi connectivity index (χ1v) is 4.12. The van der Waals surface area contributed by atoms with Crippen molar-refractivity contribution in [1.82, 2.24) is 15.5 Å². The maximum atomic E-state index is 11.3. The Morgan fingerprint density at radius 1 is 1.50 bits per heavy atom. The summed E-state index contributed by atoms with van der Waals surface area (Å²) in [6.07, 6.45) is 0. The number of hydrogen-bond donors (Lipinski definition) is 2. The Hall–Kier alpha value is -1.03.